The van der Waals surface area contributed by atoms with Gasteiger partial charge >= 0.3 is 0 Å². The largest absolute Gasteiger partial charge is 0.370 e. The van der Waals surface area contributed by atoms with Gasteiger partial charge in [0.2, 0.25) is 0 Å². The molecule has 4 heteroatoms. The molecule has 2 heterocycles. The SMILES string of the molecule is CCc1sccc1C1CN=C(N)N(C)C1. The average Bonchev–Trinajstić information content (AvgIpc) is 2.70. The fourth-order valence-corrected chi connectivity index (χ4v) is 2.92. The molecule has 3 nitrogen and oxygen atoms in total. The molecule has 1 unspecified atom stereocenters. The summed E-state index contributed by atoms with van der Waals surface area (Å²) in [6.45, 7) is 4.03. The highest BCUT2D eigenvalue weighted by molar-refractivity contribution is 7.10. The lowest BCUT2D eigenvalue weighted by Crippen LogP contribution is -2.41. The van der Waals surface area contributed by atoms with Gasteiger partial charge in [-0.15, -0.1) is 11.3 Å². The van der Waals surface area contributed by atoms with Crippen LogP contribution in [0.4, 0.5) is 0 Å². The highest BCUT2D eigenvalue weighted by atomic mass is 32.1. The number of guanidine groups is 1. The minimum atomic E-state index is 0.517. The maximum atomic E-state index is 5.74. The van der Waals surface area contributed by atoms with Crippen molar-refractivity contribution < 1.29 is 0 Å². The lowest BCUT2D eigenvalue weighted by molar-refractivity contribution is 0.422. The maximum absolute atomic E-state index is 5.74. The monoisotopic (exact) mass is 223 g/mol. The second-order valence-corrected chi connectivity index (χ2v) is 4.93. The van der Waals surface area contributed by atoms with Gasteiger partial charge in [-0.3, -0.25) is 4.99 Å². The Morgan fingerprint density at radius 1 is 1.67 bits per heavy atom. The lowest BCUT2D eigenvalue weighted by atomic mass is 9.97. The number of thiophene rings is 1. The van der Waals surface area contributed by atoms with Gasteiger partial charge in [-0.25, -0.2) is 0 Å². The van der Waals surface area contributed by atoms with Crippen molar-refractivity contribution in [1.29, 1.82) is 0 Å². The molecule has 1 aliphatic rings. The third-order valence-electron chi connectivity index (χ3n) is 2.90. The zero-order valence-electron chi connectivity index (χ0n) is 9.23. The van der Waals surface area contributed by atoms with Crippen molar-refractivity contribution in [3.8, 4) is 0 Å². The number of aryl methyl sites for hydroxylation is 1. The molecular weight excluding hydrogens is 206 g/mol. The van der Waals surface area contributed by atoms with Crippen LogP contribution in [0.3, 0.4) is 0 Å². The van der Waals surface area contributed by atoms with Gasteiger partial charge < -0.3 is 10.6 Å². The first kappa shape index (κ1) is 10.5. The summed E-state index contributed by atoms with van der Waals surface area (Å²) in [6.07, 6.45) is 1.12. The van der Waals surface area contributed by atoms with E-state index in [0.29, 0.717) is 11.9 Å². The molecule has 0 fully saturated rings. The van der Waals surface area contributed by atoms with Gasteiger partial charge in [0.15, 0.2) is 5.96 Å². The molecule has 82 valence electrons. The van der Waals surface area contributed by atoms with E-state index >= 15 is 0 Å². The van der Waals surface area contributed by atoms with E-state index in [-0.39, 0.29) is 0 Å². The smallest absolute Gasteiger partial charge is 0.191 e. The molecule has 15 heavy (non-hydrogen) atoms. The van der Waals surface area contributed by atoms with Crippen LogP contribution < -0.4 is 5.73 Å². The van der Waals surface area contributed by atoms with Gasteiger partial charge in [0.05, 0.1) is 6.54 Å². The van der Waals surface area contributed by atoms with Crippen molar-refractivity contribution in [3.05, 3.63) is 21.9 Å². The van der Waals surface area contributed by atoms with E-state index in [4.69, 9.17) is 5.73 Å². The van der Waals surface area contributed by atoms with Gasteiger partial charge in [-0.1, -0.05) is 6.92 Å². The average molecular weight is 223 g/mol. The first-order valence-electron chi connectivity index (χ1n) is 5.29. The summed E-state index contributed by atoms with van der Waals surface area (Å²) in [7, 11) is 2.00. The van der Waals surface area contributed by atoms with E-state index in [9.17, 15) is 0 Å². The molecule has 1 aliphatic heterocycles. The number of hydrogen-bond acceptors (Lipinski definition) is 4. The minimum absolute atomic E-state index is 0.517. The highest BCUT2D eigenvalue weighted by Gasteiger charge is 2.21. The topological polar surface area (TPSA) is 41.6 Å². The van der Waals surface area contributed by atoms with E-state index in [1.54, 1.807) is 0 Å². The summed E-state index contributed by atoms with van der Waals surface area (Å²) in [5.41, 5.74) is 7.21. The lowest BCUT2D eigenvalue weighted by Gasteiger charge is -2.29. The van der Waals surface area contributed by atoms with E-state index in [2.05, 4.69) is 23.4 Å². The van der Waals surface area contributed by atoms with Crippen LogP contribution in [0.5, 0.6) is 0 Å². The molecule has 0 saturated carbocycles. The molecule has 0 radical (unpaired) electrons. The van der Waals surface area contributed by atoms with E-state index in [0.717, 1.165) is 19.5 Å². The third kappa shape index (κ3) is 2.00. The minimum Gasteiger partial charge on any atom is -0.370 e. The van der Waals surface area contributed by atoms with Crippen LogP contribution in [0.2, 0.25) is 0 Å². The van der Waals surface area contributed by atoms with Gasteiger partial charge in [-0.05, 0) is 23.4 Å². The van der Waals surface area contributed by atoms with Crippen LogP contribution in [0.1, 0.15) is 23.3 Å². The van der Waals surface area contributed by atoms with E-state index in [1.165, 1.54) is 10.4 Å². The van der Waals surface area contributed by atoms with Crippen LogP contribution in [0.25, 0.3) is 0 Å². The molecule has 2 rings (SSSR count). The number of nitrogens with zero attached hydrogens (tertiary/aromatic N) is 2. The van der Waals surface area contributed by atoms with Crippen molar-refractivity contribution >= 4 is 17.3 Å². The van der Waals surface area contributed by atoms with Crippen LogP contribution in [0.15, 0.2) is 16.4 Å². The molecule has 0 spiro atoms. The molecule has 0 saturated heterocycles. The molecule has 2 N–H and O–H groups in total. The van der Waals surface area contributed by atoms with Gasteiger partial charge in [0.1, 0.15) is 0 Å². The normalized spacial score (nSPS) is 21.6. The van der Waals surface area contributed by atoms with Crippen molar-refractivity contribution in [3.63, 3.8) is 0 Å². The van der Waals surface area contributed by atoms with Gasteiger partial charge in [0, 0.05) is 24.4 Å². The zero-order chi connectivity index (χ0) is 10.8. The van der Waals surface area contributed by atoms with E-state index in [1.807, 2.05) is 23.3 Å². The second-order valence-electron chi connectivity index (χ2n) is 3.93. The Morgan fingerprint density at radius 2 is 2.47 bits per heavy atom. The summed E-state index contributed by atoms with van der Waals surface area (Å²) in [4.78, 5) is 7.87. The summed E-state index contributed by atoms with van der Waals surface area (Å²) >= 11 is 1.85. The Kier molecular flexibility index (Phi) is 2.95. The van der Waals surface area contributed by atoms with Crippen LogP contribution in [-0.4, -0.2) is 31.0 Å². The maximum Gasteiger partial charge on any atom is 0.191 e. The summed E-state index contributed by atoms with van der Waals surface area (Å²) in [5.74, 6) is 1.18. The van der Waals surface area contributed by atoms with Gasteiger partial charge in [-0.2, -0.15) is 0 Å². The van der Waals surface area contributed by atoms with Crippen molar-refractivity contribution in [1.82, 2.24) is 4.90 Å². The molecule has 1 atom stereocenters. The molecule has 0 aromatic carbocycles. The highest BCUT2D eigenvalue weighted by Crippen LogP contribution is 2.28. The first-order chi connectivity index (χ1) is 7.22. The van der Waals surface area contributed by atoms with Crippen molar-refractivity contribution in [2.45, 2.75) is 19.3 Å². The Hall–Kier alpha value is -1.03. The number of nitrogens with two attached hydrogens (primary N) is 1. The molecule has 1 aromatic rings. The number of hydrogen-bond donors (Lipinski definition) is 1. The fourth-order valence-electron chi connectivity index (χ4n) is 2.00. The molecular formula is C11H17N3S. The standard InChI is InChI=1S/C11H17N3S/c1-3-10-9(4-5-15-10)8-6-13-11(12)14(2)7-8/h4-5,8H,3,6-7H2,1-2H3,(H2,12,13). The zero-order valence-corrected chi connectivity index (χ0v) is 10.0. The molecule has 0 aliphatic carbocycles. The number of rotatable bonds is 2. The van der Waals surface area contributed by atoms with Crippen LogP contribution in [0, 0.1) is 0 Å². The summed E-state index contributed by atoms with van der Waals surface area (Å²) in [5, 5.41) is 2.18. The fraction of sp³-hybridized carbons (Fsp3) is 0.545. The first-order valence-corrected chi connectivity index (χ1v) is 6.17. The molecule has 0 bridgehead atoms. The Labute approximate surface area is 94.6 Å². The number of aliphatic imine (C=N–C) groups is 1. The predicted molar refractivity (Wildman–Crippen MR) is 65.6 cm³/mol. The molecule has 0 amide bonds. The van der Waals surface area contributed by atoms with Crippen molar-refractivity contribution in [2.24, 2.45) is 10.7 Å². The van der Waals surface area contributed by atoms with Crippen LogP contribution in [-0.2, 0) is 6.42 Å². The Balaban J connectivity index is 2.19. The van der Waals surface area contributed by atoms with Crippen LogP contribution >= 0.6 is 11.3 Å². The summed E-state index contributed by atoms with van der Waals surface area (Å²) in [6, 6.07) is 2.24. The van der Waals surface area contributed by atoms with Crippen molar-refractivity contribution in [2.75, 3.05) is 20.1 Å². The Bertz CT molecular complexity index is 370. The number of likely N-dealkylation sites (N-methyl/N-ethyl adjacent to an activating group) is 1. The quantitative estimate of drug-likeness (QED) is 0.828. The van der Waals surface area contributed by atoms with Gasteiger partial charge in [0.25, 0.3) is 0 Å². The third-order valence-corrected chi connectivity index (χ3v) is 3.98. The Morgan fingerprint density at radius 3 is 3.13 bits per heavy atom. The summed E-state index contributed by atoms with van der Waals surface area (Å²) < 4.78 is 0. The predicted octanol–water partition coefficient (Wildman–Crippen LogP) is 1.65. The molecule has 1 aromatic heterocycles. The second kappa shape index (κ2) is 4.23. The van der Waals surface area contributed by atoms with E-state index < -0.39 is 0 Å².